The molecule has 1 atom stereocenters. The van der Waals surface area contributed by atoms with Crippen molar-refractivity contribution in [2.45, 2.75) is 30.9 Å². The Hall–Kier alpha value is -3.37. The van der Waals surface area contributed by atoms with E-state index in [0.717, 1.165) is 10.0 Å². The van der Waals surface area contributed by atoms with E-state index in [0.29, 0.717) is 34.8 Å². The van der Waals surface area contributed by atoms with E-state index < -0.39 is 27.9 Å². The van der Waals surface area contributed by atoms with Gasteiger partial charge in [-0.3, -0.25) is 4.79 Å². The van der Waals surface area contributed by atoms with Crippen LogP contribution >= 0.6 is 15.9 Å². The minimum absolute atomic E-state index is 0.0230. The molecule has 1 N–H and O–H groups in total. The molecule has 196 valence electrons. The maximum Gasteiger partial charge on any atom is 0.369 e. The Kier molecular flexibility index (Phi) is 10.1. The first-order valence-electron chi connectivity index (χ1n) is 11.6. The number of nitrogens with one attached hydrogen (secondary N) is 1. The second-order valence-electron chi connectivity index (χ2n) is 7.97. The summed E-state index contributed by atoms with van der Waals surface area (Å²) in [5, 5.41) is 2.54. The van der Waals surface area contributed by atoms with Crippen molar-refractivity contribution in [3.63, 3.8) is 0 Å². The fourth-order valence-electron chi connectivity index (χ4n) is 3.40. The van der Waals surface area contributed by atoms with E-state index in [1.807, 2.05) is 0 Å². The lowest BCUT2D eigenvalue weighted by atomic mass is 10.1. The van der Waals surface area contributed by atoms with Gasteiger partial charge in [-0.05, 0) is 86.0 Å². The van der Waals surface area contributed by atoms with Crippen molar-refractivity contribution >= 4 is 37.6 Å². The van der Waals surface area contributed by atoms with Crippen molar-refractivity contribution in [3.8, 4) is 11.5 Å². The number of rotatable bonds is 12. The maximum absolute atomic E-state index is 12.6. The van der Waals surface area contributed by atoms with Crippen LogP contribution in [0.15, 0.2) is 82.2 Å². The van der Waals surface area contributed by atoms with Crippen molar-refractivity contribution in [1.82, 2.24) is 5.32 Å². The molecule has 0 spiro atoms. The largest absolute Gasteiger partial charge is 0.497 e. The zero-order valence-electron chi connectivity index (χ0n) is 20.5. The molecule has 1 unspecified atom stereocenters. The summed E-state index contributed by atoms with van der Waals surface area (Å²) in [6.45, 7) is 1.78. The summed E-state index contributed by atoms with van der Waals surface area (Å²) in [6, 6.07) is 19.9. The summed E-state index contributed by atoms with van der Waals surface area (Å²) in [7, 11) is -1.84. The molecule has 3 aromatic carbocycles. The molecular weight excluding hydrogens is 562 g/mol. The van der Waals surface area contributed by atoms with E-state index in [1.54, 1.807) is 79.7 Å². The first-order chi connectivity index (χ1) is 17.7. The van der Waals surface area contributed by atoms with Crippen molar-refractivity contribution in [2.24, 2.45) is 0 Å². The van der Waals surface area contributed by atoms with Gasteiger partial charge in [-0.25, -0.2) is 13.2 Å². The first-order valence-corrected chi connectivity index (χ1v) is 14.0. The van der Waals surface area contributed by atoms with Crippen LogP contribution in [0.2, 0.25) is 0 Å². The quantitative estimate of drug-likeness (QED) is 0.243. The fraction of sp³-hybridized carbons (Fsp3) is 0.259. The molecule has 0 aromatic heterocycles. The van der Waals surface area contributed by atoms with Crippen LogP contribution in [-0.4, -0.2) is 46.0 Å². The van der Waals surface area contributed by atoms with Gasteiger partial charge >= 0.3 is 5.97 Å². The van der Waals surface area contributed by atoms with Crippen LogP contribution in [0.4, 0.5) is 0 Å². The van der Waals surface area contributed by atoms with Crippen molar-refractivity contribution in [2.75, 3.05) is 19.5 Å². The molecule has 3 rings (SSSR count). The predicted octanol–water partition coefficient (Wildman–Crippen LogP) is 4.56. The van der Waals surface area contributed by atoms with Gasteiger partial charge in [0, 0.05) is 10.0 Å². The number of ether oxygens (including phenoxy) is 3. The Morgan fingerprint density at radius 3 is 2.14 bits per heavy atom. The lowest BCUT2D eigenvalue weighted by molar-refractivity contribution is -0.152. The summed E-state index contributed by atoms with van der Waals surface area (Å²) in [5.41, 5.74) is 1.24. The Morgan fingerprint density at radius 2 is 1.54 bits per heavy atom. The van der Waals surface area contributed by atoms with E-state index in [2.05, 4.69) is 21.2 Å². The molecule has 0 aliphatic heterocycles. The third-order valence-electron chi connectivity index (χ3n) is 5.34. The average Bonchev–Trinajstić information content (AvgIpc) is 2.89. The van der Waals surface area contributed by atoms with E-state index in [4.69, 9.17) is 14.2 Å². The number of carbonyl (C=O) groups is 2. The number of methoxy groups -OCH3 is 1. The number of aryl methyl sites for hydroxylation is 1. The lowest BCUT2D eigenvalue weighted by Crippen LogP contribution is -2.46. The predicted molar refractivity (Wildman–Crippen MR) is 142 cm³/mol. The molecule has 0 aliphatic rings. The van der Waals surface area contributed by atoms with Gasteiger partial charge in [0.1, 0.15) is 11.5 Å². The van der Waals surface area contributed by atoms with Gasteiger partial charge in [-0.2, -0.15) is 0 Å². The van der Waals surface area contributed by atoms with Crippen LogP contribution in [0.5, 0.6) is 11.5 Å². The molecule has 8 nitrogen and oxygen atoms in total. The molecule has 10 heteroatoms. The number of halogens is 1. The van der Waals surface area contributed by atoms with Gasteiger partial charge in [-0.1, -0.05) is 28.1 Å². The standard InChI is InChI=1S/C27H28BrNO7S/c1-3-35-27(31)26(29-25(30)20-8-14-22(34-2)15-9-20)36-23-12-6-19(7-13-23)5-4-18-37(32,33)24-16-10-21(28)11-17-24/h6-17,26H,3-5,18H2,1-2H3,(H,29,30). The highest BCUT2D eigenvalue weighted by molar-refractivity contribution is 9.10. The van der Waals surface area contributed by atoms with Gasteiger partial charge in [0.05, 0.1) is 24.4 Å². The van der Waals surface area contributed by atoms with Crippen LogP contribution in [0, 0.1) is 0 Å². The summed E-state index contributed by atoms with van der Waals surface area (Å²) in [6.07, 6.45) is -0.357. The highest BCUT2D eigenvalue weighted by atomic mass is 79.9. The van der Waals surface area contributed by atoms with Crippen LogP contribution < -0.4 is 14.8 Å². The second-order valence-corrected chi connectivity index (χ2v) is 11.0. The number of amides is 1. The van der Waals surface area contributed by atoms with E-state index >= 15 is 0 Å². The molecule has 0 saturated carbocycles. The number of sulfone groups is 1. The van der Waals surface area contributed by atoms with E-state index in [-0.39, 0.29) is 12.4 Å². The summed E-state index contributed by atoms with van der Waals surface area (Å²) in [5.74, 6) is -0.272. The number of hydrogen-bond acceptors (Lipinski definition) is 7. The normalized spacial score (nSPS) is 11.9. The van der Waals surface area contributed by atoms with E-state index in [9.17, 15) is 18.0 Å². The van der Waals surface area contributed by atoms with Gasteiger partial charge in [0.2, 0.25) is 0 Å². The van der Waals surface area contributed by atoms with Crippen LogP contribution in [0.25, 0.3) is 0 Å². The zero-order chi connectivity index (χ0) is 26.8. The Bertz CT molecular complexity index is 1290. The minimum Gasteiger partial charge on any atom is -0.497 e. The van der Waals surface area contributed by atoms with E-state index in [1.165, 1.54) is 7.11 Å². The maximum atomic E-state index is 12.6. The van der Waals surface area contributed by atoms with Gasteiger partial charge < -0.3 is 19.5 Å². The third kappa shape index (κ3) is 8.33. The Labute approximate surface area is 225 Å². The number of esters is 1. The molecule has 0 saturated heterocycles. The molecule has 3 aromatic rings. The Balaban J connectivity index is 1.59. The van der Waals surface area contributed by atoms with Gasteiger partial charge in [0.15, 0.2) is 9.84 Å². The highest BCUT2D eigenvalue weighted by Gasteiger charge is 2.25. The Morgan fingerprint density at radius 1 is 0.919 bits per heavy atom. The molecule has 1 amide bonds. The zero-order valence-corrected chi connectivity index (χ0v) is 22.9. The molecule has 0 fully saturated rings. The SMILES string of the molecule is CCOC(=O)C(NC(=O)c1ccc(OC)cc1)Oc1ccc(CCCS(=O)(=O)c2ccc(Br)cc2)cc1. The average molecular weight is 590 g/mol. The summed E-state index contributed by atoms with van der Waals surface area (Å²) >= 11 is 3.30. The molecule has 37 heavy (non-hydrogen) atoms. The van der Waals surface area contributed by atoms with Crippen molar-refractivity contribution in [1.29, 1.82) is 0 Å². The van der Waals surface area contributed by atoms with Gasteiger partial charge in [0.25, 0.3) is 12.1 Å². The smallest absolute Gasteiger partial charge is 0.369 e. The molecule has 0 radical (unpaired) electrons. The van der Waals surface area contributed by atoms with Crippen LogP contribution in [-0.2, 0) is 25.8 Å². The minimum atomic E-state index is -3.37. The molecule has 0 aliphatic carbocycles. The van der Waals surface area contributed by atoms with Crippen LogP contribution in [0.1, 0.15) is 29.3 Å². The second kappa shape index (κ2) is 13.3. The first kappa shape index (κ1) is 28.2. The third-order valence-corrected chi connectivity index (χ3v) is 7.69. The van der Waals surface area contributed by atoms with Crippen molar-refractivity contribution in [3.05, 3.63) is 88.4 Å². The number of carbonyl (C=O) groups excluding carboxylic acids is 2. The number of benzene rings is 3. The summed E-state index contributed by atoms with van der Waals surface area (Å²) < 4.78 is 41.7. The highest BCUT2D eigenvalue weighted by Crippen LogP contribution is 2.19. The number of hydrogen-bond donors (Lipinski definition) is 1. The topological polar surface area (TPSA) is 108 Å². The molecular formula is C27H28BrNO7S. The van der Waals surface area contributed by atoms with Gasteiger partial charge in [-0.15, -0.1) is 0 Å². The monoisotopic (exact) mass is 589 g/mol. The summed E-state index contributed by atoms with van der Waals surface area (Å²) in [4.78, 5) is 25.3. The molecule has 0 heterocycles. The van der Waals surface area contributed by atoms with Crippen LogP contribution in [0.3, 0.4) is 0 Å². The van der Waals surface area contributed by atoms with Crippen molar-refractivity contribution < 1.29 is 32.2 Å². The molecule has 0 bridgehead atoms. The lowest BCUT2D eigenvalue weighted by Gasteiger charge is -2.19. The fourth-order valence-corrected chi connectivity index (χ4v) is 4.97.